The molecule has 2 aromatic carbocycles. The number of halogens is 7. The fraction of sp³-hybridized carbons (Fsp3) is 0.360. The summed E-state index contributed by atoms with van der Waals surface area (Å²) in [7, 11) is 5.97. The number of ether oxygens (including phenoxy) is 2. The fourth-order valence-corrected chi connectivity index (χ4v) is 3.77. The molecule has 0 aliphatic heterocycles. The van der Waals surface area contributed by atoms with Gasteiger partial charge in [0.15, 0.2) is 5.75 Å². The Morgan fingerprint density at radius 2 is 1.60 bits per heavy atom. The van der Waals surface area contributed by atoms with E-state index in [1.54, 1.807) is 19.0 Å². The van der Waals surface area contributed by atoms with Gasteiger partial charge in [0.05, 0.1) is 23.9 Å². The van der Waals surface area contributed by atoms with Gasteiger partial charge in [-0.1, -0.05) is 0 Å². The molecule has 0 radical (unpaired) electrons. The van der Waals surface area contributed by atoms with E-state index in [-0.39, 0.29) is 24.4 Å². The number of carbonyl (C=O) groups excluding carboxylic acids is 1. The summed E-state index contributed by atoms with van der Waals surface area (Å²) >= 11 is 0. The van der Waals surface area contributed by atoms with Crippen LogP contribution in [-0.2, 0) is 23.6 Å². The van der Waals surface area contributed by atoms with Crippen molar-refractivity contribution in [1.82, 2.24) is 14.0 Å². The summed E-state index contributed by atoms with van der Waals surface area (Å²) in [6.07, 6.45) is -10.5. The van der Waals surface area contributed by atoms with Crippen LogP contribution in [0.1, 0.15) is 11.1 Å². The summed E-state index contributed by atoms with van der Waals surface area (Å²) in [6.45, 7) is 0.280. The summed E-state index contributed by atoms with van der Waals surface area (Å²) in [5.74, 6) is -1.98. The first-order valence-electron chi connectivity index (χ1n) is 11.5. The molecule has 1 atom stereocenters. The van der Waals surface area contributed by atoms with Crippen LogP contribution in [0.4, 0.5) is 41.2 Å². The minimum atomic E-state index is -5.42. The maximum absolute atomic E-state index is 14.0. The van der Waals surface area contributed by atoms with Crippen molar-refractivity contribution in [2.24, 2.45) is 0 Å². The van der Waals surface area contributed by atoms with Crippen LogP contribution in [0.3, 0.4) is 0 Å². The lowest BCUT2D eigenvalue weighted by Gasteiger charge is -2.22. The third-order valence-electron chi connectivity index (χ3n) is 5.79. The normalized spacial score (nSPS) is 13.0. The molecule has 0 aliphatic rings. The molecule has 1 unspecified atom stereocenters. The number of benzene rings is 2. The van der Waals surface area contributed by atoms with Crippen molar-refractivity contribution in [1.29, 1.82) is 0 Å². The van der Waals surface area contributed by atoms with Gasteiger partial charge in [-0.05, 0) is 50.5 Å². The number of hydrogen-bond donors (Lipinski definition) is 0. The zero-order chi connectivity index (χ0) is 30.0. The first-order valence-corrected chi connectivity index (χ1v) is 11.5. The van der Waals surface area contributed by atoms with Crippen molar-refractivity contribution in [2.45, 2.75) is 25.0 Å². The van der Waals surface area contributed by atoms with Crippen molar-refractivity contribution >= 4 is 11.8 Å². The largest absolute Gasteiger partial charge is 0.420 e. The van der Waals surface area contributed by atoms with E-state index in [1.165, 1.54) is 7.11 Å². The number of alkyl halides is 6. The molecule has 1 amide bonds. The average Bonchev–Trinajstić information content (AvgIpc) is 3.21. The summed E-state index contributed by atoms with van der Waals surface area (Å²) in [4.78, 5) is 28.5. The minimum Gasteiger partial charge on any atom is -0.407 e. The lowest BCUT2D eigenvalue weighted by Crippen LogP contribution is -2.35. The van der Waals surface area contributed by atoms with Crippen molar-refractivity contribution in [3.8, 4) is 11.4 Å². The van der Waals surface area contributed by atoms with Gasteiger partial charge in [0.2, 0.25) is 0 Å². The van der Waals surface area contributed by atoms with Crippen LogP contribution in [0.2, 0.25) is 0 Å². The summed E-state index contributed by atoms with van der Waals surface area (Å²) in [5.41, 5.74) is -5.60. The van der Waals surface area contributed by atoms with E-state index < -0.39 is 58.6 Å². The van der Waals surface area contributed by atoms with Crippen LogP contribution in [-0.4, -0.2) is 61.0 Å². The molecule has 1 aromatic heterocycles. The predicted molar refractivity (Wildman–Crippen MR) is 130 cm³/mol. The lowest BCUT2D eigenvalue weighted by molar-refractivity contribution is -0.143. The molecule has 218 valence electrons. The molecule has 0 aliphatic carbocycles. The SMILES string of the molecule is COC(CN(C)C)Cn1ccn(-c2cc(C(F)(F)F)cc(C(F)(F)F)c2OC(=O)N(C)c2ccc(F)cc2)c1=O. The van der Waals surface area contributed by atoms with Gasteiger partial charge >= 0.3 is 24.1 Å². The summed E-state index contributed by atoms with van der Waals surface area (Å²) in [5, 5.41) is 0. The number of anilines is 1. The van der Waals surface area contributed by atoms with E-state index >= 15 is 0 Å². The number of hydrogen-bond acceptors (Lipinski definition) is 5. The monoisotopic (exact) mass is 578 g/mol. The topological polar surface area (TPSA) is 68.9 Å². The molecular formula is C25H25F7N4O4. The van der Waals surface area contributed by atoms with Gasteiger partial charge in [0, 0.05) is 38.8 Å². The molecule has 0 N–H and O–H groups in total. The number of methoxy groups -OCH3 is 1. The van der Waals surface area contributed by atoms with Crippen molar-refractivity contribution in [2.75, 3.05) is 39.7 Å². The van der Waals surface area contributed by atoms with Crippen molar-refractivity contribution < 1.29 is 45.0 Å². The van der Waals surface area contributed by atoms with Crippen LogP contribution in [0.15, 0.2) is 53.6 Å². The number of amides is 1. The van der Waals surface area contributed by atoms with Crippen LogP contribution < -0.4 is 15.3 Å². The van der Waals surface area contributed by atoms with E-state index in [2.05, 4.69) is 0 Å². The molecule has 15 heteroatoms. The Hall–Kier alpha value is -3.85. The van der Waals surface area contributed by atoms with E-state index in [0.29, 0.717) is 11.1 Å². The average molecular weight is 578 g/mol. The molecule has 0 fully saturated rings. The predicted octanol–water partition coefficient (Wildman–Crippen LogP) is 5.03. The van der Waals surface area contributed by atoms with Crippen molar-refractivity contribution in [3.63, 3.8) is 0 Å². The van der Waals surface area contributed by atoms with Gasteiger partial charge in [-0.2, -0.15) is 26.3 Å². The van der Waals surface area contributed by atoms with Gasteiger partial charge in [0.25, 0.3) is 0 Å². The van der Waals surface area contributed by atoms with Crippen molar-refractivity contribution in [3.05, 3.63) is 76.2 Å². The molecule has 0 spiro atoms. The first-order chi connectivity index (χ1) is 18.5. The molecule has 0 saturated heterocycles. The number of imidazole rings is 1. The van der Waals surface area contributed by atoms with Gasteiger partial charge in [-0.15, -0.1) is 0 Å². The Morgan fingerprint density at radius 1 is 0.975 bits per heavy atom. The van der Waals surface area contributed by atoms with Gasteiger partial charge < -0.3 is 14.4 Å². The molecule has 0 saturated carbocycles. The van der Waals surface area contributed by atoms with E-state index in [9.17, 15) is 40.3 Å². The second-order valence-corrected chi connectivity index (χ2v) is 8.99. The van der Waals surface area contributed by atoms with Gasteiger partial charge in [-0.3, -0.25) is 14.0 Å². The summed E-state index contributed by atoms with van der Waals surface area (Å²) < 4.78 is 108. The molecule has 0 bridgehead atoms. The van der Waals surface area contributed by atoms with E-state index in [1.807, 2.05) is 0 Å². The zero-order valence-corrected chi connectivity index (χ0v) is 21.7. The highest BCUT2D eigenvalue weighted by Gasteiger charge is 2.42. The second-order valence-electron chi connectivity index (χ2n) is 8.99. The number of carbonyl (C=O) groups is 1. The maximum atomic E-state index is 14.0. The number of likely N-dealkylation sites (N-methyl/N-ethyl adjacent to an activating group) is 1. The molecular weight excluding hydrogens is 553 g/mol. The highest BCUT2D eigenvalue weighted by molar-refractivity contribution is 5.89. The number of aromatic nitrogens is 2. The van der Waals surface area contributed by atoms with Crippen LogP contribution in [0.5, 0.6) is 5.75 Å². The lowest BCUT2D eigenvalue weighted by atomic mass is 10.1. The number of nitrogens with zero attached hydrogens (tertiary/aromatic N) is 4. The Balaban J connectivity index is 2.18. The van der Waals surface area contributed by atoms with Gasteiger partial charge in [0.1, 0.15) is 11.4 Å². The Labute approximate surface area is 223 Å². The molecule has 8 nitrogen and oxygen atoms in total. The standard InChI is InChI=1S/C25H25F7N4O4/c1-33(2)13-18(39-4)14-35-9-10-36(22(35)37)20-12-15(24(27,28)29)11-19(25(30,31)32)21(20)40-23(38)34(3)17-7-5-16(26)6-8-17/h5-12,18H,13-14H2,1-4H3. The van der Waals surface area contributed by atoms with Crippen LogP contribution in [0.25, 0.3) is 5.69 Å². The smallest absolute Gasteiger partial charge is 0.407 e. The first kappa shape index (κ1) is 30.7. The summed E-state index contributed by atoms with van der Waals surface area (Å²) in [6, 6.07) is 4.32. The molecule has 3 rings (SSSR count). The van der Waals surface area contributed by atoms with E-state index in [0.717, 1.165) is 53.2 Å². The van der Waals surface area contributed by atoms with Crippen LogP contribution in [0, 0.1) is 5.82 Å². The highest BCUT2D eigenvalue weighted by atomic mass is 19.4. The van der Waals surface area contributed by atoms with E-state index in [4.69, 9.17) is 9.47 Å². The molecule has 40 heavy (non-hydrogen) atoms. The zero-order valence-electron chi connectivity index (χ0n) is 21.7. The van der Waals surface area contributed by atoms with Gasteiger partial charge in [-0.25, -0.2) is 14.0 Å². The Bertz CT molecular complexity index is 1400. The minimum absolute atomic E-state index is 0.0169. The Morgan fingerprint density at radius 3 is 2.12 bits per heavy atom. The Kier molecular flexibility index (Phi) is 8.99. The molecule has 1 heterocycles. The molecule has 3 aromatic rings. The number of rotatable bonds is 8. The fourth-order valence-electron chi connectivity index (χ4n) is 3.77. The third kappa shape index (κ3) is 7.01. The maximum Gasteiger partial charge on any atom is 0.420 e. The quantitative estimate of drug-likeness (QED) is 0.351. The second kappa shape index (κ2) is 11.7. The van der Waals surface area contributed by atoms with Crippen LogP contribution >= 0.6 is 0 Å². The third-order valence-corrected chi connectivity index (χ3v) is 5.79. The highest BCUT2D eigenvalue weighted by Crippen LogP contribution is 2.44.